The highest BCUT2D eigenvalue weighted by molar-refractivity contribution is 14.1. The number of aromatic nitrogens is 2. The lowest BCUT2D eigenvalue weighted by Gasteiger charge is -2.14. The maximum Gasteiger partial charge on any atom is 0.244 e. The summed E-state index contributed by atoms with van der Waals surface area (Å²) in [7, 11) is 0. The molecule has 14 heavy (non-hydrogen) atoms. The van der Waals surface area contributed by atoms with Crippen molar-refractivity contribution in [2.75, 3.05) is 0 Å². The maximum atomic E-state index is 11.6. The zero-order valence-corrected chi connectivity index (χ0v) is 10.6. The lowest BCUT2D eigenvalue weighted by molar-refractivity contribution is -0.124. The molecule has 0 saturated heterocycles. The second kappa shape index (κ2) is 4.77. The van der Waals surface area contributed by atoms with Crippen LogP contribution in [0.15, 0.2) is 12.4 Å². The molecule has 0 aliphatic rings. The number of hydrogen-bond acceptors (Lipinski definition) is 2. The first kappa shape index (κ1) is 11.5. The minimum absolute atomic E-state index is 0.000463. The molecule has 0 aromatic carbocycles. The molecule has 1 heterocycles. The minimum Gasteiger partial charge on any atom is -0.352 e. The van der Waals surface area contributed by atoms with Gasteiger partial charge in [0.2, 0.25) is 5.91 Å². The molecule has 5 heteroatoms. The molecule has 1 atom stereocenters. The van der Waals surface area contributed by atoms with Crippen LogP contribution in [0.5, 0.6) is 0 Å². The van der Waals surface area contributed by atoms with Gasteiger partial charge in [0.05, 0.1) is 9.77 Å². The number of nitrogens with zero attached hydrogens (tertiary/aromatic N) is 2. The molecule has 0 spiro atoms. The van der Waals surface area contributed by atoms with Crippen LogP contribution in [0.1, 0.15) is 26.8 Å². The third-order valence-corrected chi connectivity index (χ3v) is 2.33. The summed E-state index contributed by atoms with van der Waals surface area (Å²) in [5, 5.41) is 6.94. The molecule has 1 aromatic heterocycles. The lowest BCUT2D eigenvalue weighted by atomic mass is 10.3. The third-order valence-electron chi connectivity index (χ3n) is 1.78. The van der Waals surface area contributed by atoms with Crippen LogP contribution in [0, 0.1) is 3.57 Å². The van der Waals surface area contributed by atoms with Crippen molar-refractivity contribution < 1.29 is 4.79 Å². The van der Waals surface area contributed by atoms with E-state index in [1.807, 2.05) is 27.0 Å². The molecule has 0 aliphatic heterocycles. The Morgan fingerprint density at radius 3 is 2.64 bits per heavy atom. The van der Waals surface area contributed by atoms with E-state index in [-0.39, 0.29) is 18.0 Å². The highest BCUT2D eigenvalue weighted by Crippen LogP contribution is 2.08. The summed E-state index contributed by atoms with van der Waals surface area (Å²) in [6, 6.07) is -0.0829. The second-order valence-corrected chi connectivity index (χ2v) is 4.72. The topological polar surface area (TPSA) is 46.9 Å². The molecular formula is C9H14IN3O. The zero-order chi connectivity index (χ0) is 10.7. The molecule has 4 nitrogen and oxygen atoms in total. The van der Waals surface area contributed by atoms with Crippen molar-refractivity contribution in [1.82, 2.24) is 15.1 Å². The fourth-order valence-electron chi connectivity index (χ4n) is 1.05. The van der Waals surface area contributed by atoms with E-state index in [1.54, 1.807) is 10.9 Å². The van der Waals surface area contributed by atoms with Gasteiger partial charge >= 0.3 is 0 Å². The molecule has 0 fully saturated rings. The molecule has 0 radical (unpaired) electrons. The Morgan fingerprint density at radius 2 is 2.21 bits per heavy atom. The van der Waals surface area contributed by atoms with Crippen molar-refractivity contribution in [2.24, 2.45) is 0 Å². The molecule has 1 rings (SSSR count). The number of nitrogens with one attached hydrogen (secondary N) is 1. The molecule has 1 N–H and O–H groups in total. The molecule has 1 unspecified atom stereocenters. The van der Waals surface area contributed by atoms with E-state index in [0.717, 1.165) is 3.57 Å². The van der Waals surface area contributed by atoms with Gasteiger partial charge in [-0.3, -0.25) is 9.48 Å². The van der Waals surface area contributed by atoms with Crippen LogP contribution in [0.2, 0.25) is 0 Å². The Bertz CT molecular complexity index is 322. The minimum atomic E-state index is -0.249. The van der Waals surface area contributed by atoms with Gasteiger partial charge in [-0.2, -0.15) is 5.10 Å². The van der Waals surface area contributed by atoms with E-state index in [4.69, 9.17) is 0 Å². The Labute approximate surface area is 97.2 Å². The highest BCUT2D eigenvalue weighted by atomic mass is 127. The van der Waals surface area contributed by atoms with Crippen LogP contribution in [0.3, 0.4) is 0 Å². The van der Waals surface area contributed by atoms with Crippen molar-refractivity contribution in [2.45, 2.75) is 32.9 Å². The van der Waals surface area contributed by atoms with Gasteiger partial charge in [-0.25, -0.2) is 0 Å². The first-order valence-corrected chi connectivity index (χ1v) is 5.58. The van der Waals surface area contributed by atoms with Crippen LogP contribution in [-0.2, 0) is 4.79 Å². The summed E-state index contributed by atoms with van der Waals surface area (Å²) < 4.78 is 2.70. The number of halogens is 1. The summed E-state index contributed by atoms with van der Waals surface area (Å²) in [5.74, 6) is -0.000463. The van der Waals surface area contributed by atoms with E-state index in [9.17, 15) is 4.79 Å². The van der Waals surface area contributed by atoms with Crippen molar-refractivity contribution in [3.63, 3.8) is 0 Å². The first-order valence-electron chi connectivity index (χ1n) is 4.50. The van der Waals surface area contributed by atoms with Gasteiger partial charge in [-0.1, -0.05) is 0 Å². The van der Waals surface area contributed by atoms with E-state index >= 15 is 0 Å². The second-order valence-electron chi connectivity index (χ2n) is 3.48. The van der Waals surface area contributed by atoms with Crippen molar-refractivity contribution >= 4 is 28.5 Å². The molecule has 0 aliphatic carbocycles. The van der Waals surface area contributed by atoms with Crippen LogP contribution >= 0.6 is 22.6 Å². The van der Waals surface area contributed by atoms with Gasteiger partial charge in [0.1, 0.15) is 6.04 Å². The van der Waals surface area contributed by atoms with Crippen LogP contribution in [-0.4, -0.2) is 21.7 Å². The summed E-state index contributed by atoms with van der Waals surface area (Å²) in [4.78, 5) is 11.6. The fourth-order valence-corrected chi connectivity index (χ4v) is 1.46. The summed E-state index contributed by atoms with van der Waals surface area (Å²) in [6.45, 7) is 5.72. The van der Waals surface area contributed by atoms with Crippen molar-refractivity contribution in [3.8, 4) is 0 Å². The number of carbonyl (C=O) groups is 1. The third kappa shape index (κ3) is 2.97. The molecule has 0 bridgehead atoms. The van der Waals surface area contributed by atoms with Crippen molar-refractivity contribution in [1.29, 1.82) is 0 Å². The van der Waals surface area contributed by atoms with Gasteiger partial charge in [0.25, 0.3) is 0 Å². The predicted molar refractivity (Wildman–Crippen MR) is 62.9 cm³/mol. The smallest absolute Gasteiger partial charge is 0.244 e. The first-order chi connectivity index (χ1) is 6.50. The molecule has 1 aromatic rings. The van der Waals surface area contributed by atoms with Crippen molar-refractivity contribution in [3.05, 3.63) is 16.0 Å². The normalized spacial score (nSPS) is 12.9. The SMILES string of the molecule is CC(C)NC(=O)C(C)n1cc(I)cn1. The van der Waals surface area contributed by atoms with Crippen LogP contribution < -0.4 is 5.32 Å². The summed E-state index contributed by atoms with van der Waals surface area (Å²) in [5.41, 5.74) is 0. The quantitative estimate of drug-likeness (QED) is 0.862. The predicted octanol–water partition coefficient (Wildman–Crippen LogP) is 1.57. The number of rotatable bonds is 3. The molecular weight excluding hydrogens is 293 g/mol. The zero-order valence-electron chi connectivity index (χ0n) is 8.49. The van der Waals surface area contributed by atoms with Gasteiger partial charge < -0.3 is 5.32 Å². The number of amides is 1. The molecule has 78 valence electrons. The van der Waals surface area contributed by atoms with E-state index < -0.39 is 0 Å². The van der Waals surface area contributed by atoms with Gasteiger partial charge in [0.15, 0.2) is 0 Å². The molecule has 0 saturated carbocycles. The van der Waals surface area contributed by atoms with Gasteiger partial charge in [0, 0.05) is 12.2 Å². The Kier molecular flexibility index (Phi) is 3.91. The largest absolute Gasteiger partial charge is 0.352 e. The average Bonchev–Trinajstić information content (AvgIpc) is 2.49. The van der Waals surface area contributed by atoms with E-state index in [0.29, 0.717) is 0 Å². The van der Waals surface area contributed by atoms with Gasteiger partial charge in [-0.15, -0.1) is 0 Å². The lowest BCUT2D eigenvalue weighted by Crippen LogP contribution is -2.35. The summed E-state index contributed by atoms with van der Waals surface area (Å²) in [6.07, 6.45) is 3.59. The fraction of sp³-hybridized carbons (Fsp3) is 0.556. The Balaban J connectivity index is 2.65. The summed E-state index contributed by atoms with van der Waals surface area (Å²) >= 11 is 2.17. The molecule has 1 amide bonds. The van der Waals surface area contributed by atoms with E-state index in [2.05, 4.69) is 33.0 Å². The number of hydrogen-bond donors (Lipinski definition) is 1. The van der Waals surface area contributed by atoms with Gasteiger partial charge in [-0.05, 0) is 43.4 Å². The van der Waals surface area contributed by atoms with Crippen LogP contribution in [0.25, 0.3) is 0 Å². The highest BCUT2D eigenvalue weighted by Gasteiger charge is 2.15. The Hall–Kier alpha value is -0.590. The Morgan fingerprint density at radius 1 is 1.57 bits per heavy atom. The van der Waals surface area contributed by atoms with E-state index in [1.165, 1.54) is 0 Å². The average molecular weight is 307 g/mol. The monoisotopic (exact) mass is 307 g/mol. The van der Waals surface area contributed by atoms with Crippen LogP contribution in [0.4, 0.5) is 0 Å². The number of carbonyl (C=O) groups excluding carboxylic acids is 1. The standard InChI is InChI=1S/C9H14IN3O/c1-6(2)12-9(14)7(3)13-5-8(10)4-11-13/h4-7H,1-3H3,(H,12,14). The maximum absolute atomic E-state index is 11.6.